The Kier molecular flexibility index (Phi) is 3.67. The Labute approximate surface area is 84.0 Å². The van der Waals surface area contributed by atoms with Crippen molar-refractivity contribution in [1.82, 2.24) is 15.1 Å². The zero-order valence-electron chi connectivity index (χ0n) is 6.54. The third-order valence-electron chi connectivity index (χ3n) is 1.22. The second-order valence-electron chi connectivity index (χ2n) is 2.50. The van der Waals surface area contributed by atoms with Gasteiger partial charge in [-0.15, -0.1) is 10.2 Å². The Bertz CT molecular complexity index is 223. The van der Waals surface area contributed by atoms with E-state index in [4.69, 9.17) is 0 Å². The van der Waals surface area contributed by atoms with Crippen LogP contribution in [0.1, 0.15) is 5.01 Å². The van der Waals surface area contributed by atoms with Gasteiger partial charge in [-0.05, 0) is 36.7 Å². The van der Waals surface area contributed by atoms with E-state index in [-0.39, 0.29) is 0 Å². The van der Waals surface area contributed by atoms with E-state index in [2.05, 4.69) is 51.8 Å². The van der Waals surface area contributed by atoms with Gasteiger partial charge in [-0.25, -0.2) is 0 Å². The van der Waals surface area contributed by atoms with Gasteiger partial charge in [-0.1, -0.05) is 11.3 Å². The molecule has 0 aliphatic heterocycles. The molecule has 0 fully saturated rings. The van der Waals surface area contributed by atoms with Crippen LogP contribution < -0.4 is 0 Å². The van der Waals surface area contributed by atoms with E-state index >= 15 is 0 Å². The average molecular weight is 283 g/mol. The Morgan fingerprint density at radius 2 is 2.18 bits per heavy atom. The van der Waals surface area contributed by atoms with Crippen LogP contribution in [0.2, 0.25) is 0 Å². The zero-order chi connectivity index (χ0) is 8.27. The van der Waals surface area contributed by atoms with E-state index < -0.39 is 0 Å². The van der Waals surface area contributed by atoms with E-state index in [9.17, 15) is 0 Å². The molecule has 1 heterocycles. The fraction of sp³-hybridized carbons (Fsp3) is 0.667. The summed E-state index contributed by atoms with van der Waals surface area (Å²) in [5.74, 6) is 0. The summed E-state index contributed by atoms with van der Waals surface area (Å²) in [5.41, 5.74) is 0. The predicted molar refractivity (Wildman–Crippen MR) is 54.9 cm³/mol. The third kappa shape index (κ3) is 3.44. The number of aromatic nitrogens is 2. The van der Waals surface area contributed by atoms with Crippen LogP contribution in [0.3, 0.4) is 0 Å². The molecule has 0 amide bonds. The first-order valence-corrected chi connectivity index (χ1v) is 5.20. The highest BCUT2D eigenvalue weighted by molar-refractivity contribution is 14.1. The quantitative estimate of drug-likeness (QED) is 0.782. The first-order chi connectivity index (χ1) is 5.18. The highest BCUT2D eigenvalue weighted by Crippen LogP contribution is 2.11. The fourth-order valence-electron chi connectivity index (χ4n) is 0.653. The van der Waals surface area contributed by atoms with Gasteiger partial charge in [0.2, 0.25) is 0 Å². The molecule has 5 heteroatoms. The lowest BCUT2D eigenvalue weighted by atomic mass is 10.4. The van der Waals surface area contributed by atoms with Crippen molar-refractivity contribution in [3.8, 4) is 0 Å². The third-order valence-corrected chi connectivity index (χ3v) is 2.86. The molecule has 0 atom stereocenters. The largest absolute Gasteiger partial charge is 0.309 e. The van der Waals surface area contributed by atoms with E-state index in [0.29, 0.717) is 0 Å². The van der Waals surface area contributed by atoms with Crippen LogP contribution in [-0.2, 0) is 6.42 Å². The molecule has 0 unspecified atom stereocenters. The maximum Gasteiger partial charge on any atom is 0.178 e. The van der Waals surface area contributed by atoms with E-state index in [1.54, 1.807) is 11.3 Å². The number of hydrogen-bond acceptors (Lipinski definition) is 4. The van der Waals surface area contributed by atoms with Gasteiger partial charge in [0.1, 0.15) is 5.01 Å². The maximum absolute atomic E-state index is 4.02. The lowest BCUT2D eigenvalue weighted by molar-refractivity contribution is 0.413. The van der Waals surface area contributed by atoms with Crippen LogP contribution in [-0.4, -0.2) is 35.7 Å². The first-order valence-electron chi connectivity index (χ1n) is 3.31. The number of nitrogens with zero attached hydrogens (tertiary/aromatic N) is 3. The second kappa shape index (κ2) is 4.32. The van der Waals surface area contributed by atoms with Gasteiger partial charge in [-0.3, -0.25) is 0 Å². The molecular weight excluding hydrogens is 273 g/mol. The molecule has 0 spiro atoms. The lowest BCUT2D eigenvalue weighted by Crippen LogP contribution is -2.14. The van der Waals surface area contributed by atoms with Crippen molar-refractivity contribution < 1.29 is 0 Å². The van der Waals surface area contributed by atoms with Gasteiger partial charge < -0.3 is 4.90 Å². The molecule has 3 nitrogen and oxygen atoms in total. The molecule has 0 aliphatic rings. The zero-order valence-corrected chi connectivity index (χ0v) is 9.52. The highest BCUT2D eigenvalue weighted by atomic mass is 127. The summed E-state index contributed by atoms with van der Waals surface area (Å²) in [7, 11) is 4.12. The van der Waals surface area contributed by atoms with Gasteiger partial charge in [0.05, 0.1) is 0 Å². The molecule has 0 radical (unpaired) electrons. The van der Waals surface area contributed by atoms with Crippen molar-refractivity contribution in [1.29, 1.82) is 0 Å². The summed E-state index contributed by atoms with van der Waals surface area (Å²) < 4.78 is 1.02. The van der Waals surface area contributed by atoms with Crippen molar-refractivity contribution >= 4 is 33.9 Å². The van der Waals surface area contributed by atoms with Crippen LogP contribution in [0, 0.1) is 3.01 Å². The van der Waals surface area contributed by atoms with Gasteiger partial charge >= 0.3 is 0 Å². The van der Waals surface area contributed by atoms with E-state index in [1.165, 1.54) is 0 Å². The van der Waals surface area contributed by atoms with Gasteiger partial charge in [0.15, 0.2) is 3.01 Å². The van der Waals surface area contributed by atoms with Crippen molar-refractivity contribution in [3.63, 3.8) is 0 Å². The summed E-state index contributed by atoms with van der Waals surface area (Å²) in [6.45, 7) is 1.05. The first kappa shape index (κ1) is 9.34. The Balaban J connectivity index is 2.39. The van der Waals surface area contributed by atoms with Crippen molar-refractivity contribution in [2.45, 2.75) is 6.42 Å². The molecule has 0 bridgehead atoms. The monoisotopic (exact) mass is 283 g/mol. The summed E-state index contributed by atoms with van der Waals surface area (Å²) in [6.07, 6.45) is 1.01. The molecule has 1 rings (SSSR count). The minimum atomic E-state index is 1.01. The van der Waals surface area contributed by atoms with E-state index in [0.717, 1.165) is 21.0 Å². The standard InChI is InChI=1S/C6H10IN3S/c1-10(2)4-3-5-8-9-6(7)11-5/h3-4H2,1-2H3. The Hall–Kier alpha value is 0.250. The van der Waals surface area contributed by atoms with Crippen molar-refractivity contribution in [2.75, 3.05) is 20.6 Å². The normalized spacial score (nSPS) is 10.9. The molecule has 11 heavy (non-hydrogen) atoms. The number of rotatable bonds is 3. The van der Waals surface area contributed by atoms with Crippen molar-refractivity contribution in [3.05, 3.63) is 8.02 Å². The van der Waals surface area contributed by atoms with Crippen LogP contribution in [0.15, 0.2) is 0 Å². The lowest BCUT2D eigenvalue weighted by Gasteiger charge is -2.05. The average Bonchev–Trinajstić information content (AvgIpc) is 2.31. The SMILES string of the molecule is CN(C)CCc1nnc(I)s1. The molecule has 0 N–H and O–H groups in total. The van der Waals surface area contributed by atoms with Gasteiger partial charge in [0, 0.05) is 13.0 Å². The topological polar surface area (TPSA) is 29.0 Å². The van der Waals surface area contributed by atoms with Crippen LogP contribution in [0.25, 0.3) is 0 Å². The predicted octanol–water partition coefficient (Wildman–Crippen LogP) is 1.25. The fourth-order valence-corrected chi connectivity index (χ4v) is 2.07. The van der Waals surface area contributed by atoms with Crippen LogP contribution in [0.4, 0.5) is 0 Å². The maximum atomic E-state index is 4.02. The molecule has 0 saturated heterocycles. The minimum Gasteiger partial charge on any atom is -0.309 e. The van der Waals surface area contributed by atoms with E-state index in [1.807, 2.05) is 0 Å². The second-order valence-corrected chi connectivity index (χ2v) is 5.32. The van der Waals surface area contributed by atoms with Crippen LogP contribution >= 0.6 is 33.9 Å². The Morgan fingerprint density at radius 3 is 2.64 bits per heavy atom. The molecule has 1 aromatic rings. The molecule has 0 aromatic carbocycles. The van der Waals surface area contributed by atoms with Crippen LogP contribution in [0.5, 0.6) is 0 Å². The molecule has 0 saturated carbocycles. The summed E-state index contributed by atoms with van der Waals surface area (Å²) >= 11 is 3.86. The summed E-state index contributed by atoms with van der Waals surface area (Å²) in [5, 5.41) is 9.08. The smallest absolute Gasteiger partial charge is 0.178 e. The number of hydrogen-bond donors (Lipinski definition) is 0. The minimum absolute atomic E-state index is 1.01. The molecule has 0 aliphatic carbocycles. The molecule has 1 aromatic heterocycles. The number of halogens is 1. The number of likely N-dealkylation sites (N-methyl/N-ethyl adjacent to an activating group) is 1. The van der Waals surface area contributed by atoms with Gasteiger partial charge in [-0.2, -0.15) is 0 Å². The summed E-state index contributed by atoms with van der Waals surface area (Å²) in [6, 6.07) is 0. The van der Waals surface area contributed by atoms with Crippen molar-refractivity contribution in [2.24, 2.45) is 0 Å². The molecular formula is C6H10IN3S. The summed E-state index contributed by atoms with van der Waals surface area (Å²) in [4.78, 5) is 2.15. The highest BCUT2D eigenvalue weighted by Gasteiger charge is 2.00. The Morgan fingerprint density at radius 1 is 1.45 bits per heavy atom. The molecule has 62 valence electrons. The van der Waals surface area contributed by atoms with Gasteiger partial charge in [0.25, 0.3) is 0 Å².